The van der Waals surface area contributed by atoms with Gasteiger partial charge < -0.3 is 9.67 Å². The molecule has 0 radical (unpaired) electrons. The van der Waals surface area contributed by atoms with Crippen molar-refractivity contribution < 1.29 is 5.11 Å². The van der Waals surface area contributed by atoms with E-state index in [0.29, 0.717) is 5.69 Å². The summed E-state index contributed by atoms with van der Waals surface area (Å²) < 4.78 is 1.89. The van der Waals surface area contributed by atoms with Gasteiger partial charge in [0.25, 0.3) is 0 Å². The molecule has 2 aromatic rings. The summed E-state index contributed by atoms with van der Waals surface area (Å²) in [6.45, 7) is 1.71. The van der Waals surface area contributed by atoms with E-state index in [0.717, 1.165) is 5.69 Å². The van der Waals surface area contributed by atoms with Gasteiger partial charge >= 0.3 is 0 Å². The van der Waals surface area contributed by atoms with Gasteiger partial charge in [0.2, 0.25) is 0 Å². The Hall–Kier alpha value is -1.61. The predicted molar refractivity (Wildman–Crippen MR) is 54.2 cm³/mol. The first-order valence-electron chi connectivity index (χ1n) is 4.55. The van der Waals surface area contributed by atoms with Gasteiger partial charge in [-0.3, -0.25) is 0 Å². The third-order valence-corrected chi connectivity index (χ3v) is 2.08. The second-order valence-electron chi connectivity index (χ2n) is 3.22. The highest BCUT2D eigenvalue weighted by Gasteiger charge is 2.04. The normalized spacial score (nSPS) is 12.7. The smallest absolute Gasteiger partial charge is 0.0996 e. The van der Waals surface area contributed by atoms with Gasteiger partial charge in [-0.1, -0.05) is 18.2 Å². The number of hydrogen-bond acceptors (Lipinski definition) is 2. The first kappa shape index (κ1) is 8.97. The third-order valence-electron chi connectivity index (χ3n) is 2.08. The fourth-order valence-electron chi connectivity index (χ4n) is 1.30. The van der Waals surface area contributed by atoms with Crippen LogP contribution in [-0.2, 0) is 0 Å². The minimum atomic E-state index is -0.514. The zero-order valence-electron chi connectivity index (χ0n) is 7.96. The van der Waals surface area contributed by atoms with E-state index in [4.69, 9.17) is 0 Å². The lowest BCUT2D eigenvalue weighted by atomic mass is 10.3. The average Bonchev–Trinajstić information content (AvgIpc) is 2.68. The van der Waals surface area contributed by atoms with E-state index >= 15 is 0 Å². The molecule has 0 saturated carbocycles. The lowest BCUT2D eigenvalue weighted by Gasteiger charge is -2.00. The Morgan fingerprint density at radius 1 is 1.29 bits per heavy atom. The number of para-hydroxylation sites is 1. The van der Waals surface area contributed by atoms with Crippen molar-refractivity contribution in [2.24, 2.45) is 0 Å². The SMILES string of the molecule is CC(O)c1cn(-c2ccccc2)cn1. The highest BCUT2D eigenvalue weighted by atomic mass is 16.3. The van der Waals surface area contributed by atoms with Crippen LogP contribution in [0.2, 0.25) is 0 Å². The van der Waals surface area contributed by atoms with Crippen molar-refractivity contribution in [2.45, 2.75) is 13.0 Å². The third kappa shape index (κ3) is 1.67. The van der Waals surface area contributed by atoms with Crippen molar-refractivity contribution in [1.82, 2.24) is 9.55 Å². The summed E-state index contributed by atoms with van der Waals surface area (Å²) in [7, 11) is 0. The van der Waals surface area contributed by atoms with Crippen LogP contribution in [0, 0.1) is 0 Å². The lowest BCUT2D eigenvalue weighted by Crippen LogP contribution is -1.91. The average molecular weight is 188 g/mol. The van der Waals surface area contributed by atoms with Crippen molar-refractivity contribution in [3.8, 4) is 5.69 Å². The Kier molecular flexibility index (Phi) is 2.33. The largest absolute Gasteiger partial charge is 0.387 e. The van der Waals surface area contributed by atoms with E-state index in [2.05, 4.69) is 4.98 Å². The molecule has 0 spiro atoms. The number of hydrogen-bond donors (Lipinski definition) is 1. The first-order valence-corrected chi connectivity index (χ1v) is 4.55. The van der Waals surface area contributed by atoms with E-state index in [1.54, 1.807) is 13.3 Å². The molecule has 1 N–H and O–H groups in total. The molecule has 1 aromatic carbocycles. The number of aliphatic hydroxyl groups is 1. The number of rotatable bonds is 2. The molecule has 1 unspecified atom stereocenters. The topological polar surface area (TPSA) is 38.0 Å². The predicted octanol–water partition coefficient (Wildman–Crippen LogP) is 1.93. The Balaban J connectivity index is 2.34. The molecule has 0 amide bonds. The highest BCUT2D eigenvalue weighted by Crippen LogP contribution is 2.12. The molecule has 0 aliphatic rings. The minimum absolute atomic E-state index is 0.514. The standard InChI is InChI=1S/C11H12N2O/c1-9(14)11-7-13(8-12-11)10-5-3-2-4-6-10/h2-9,14H,1H3. The van der Waals surface area contributed by atoms with Gasteiger partial charge in [0, 0.05) is 11.9 Å². The van der Waals surface area contributed by atoms with Crippen LogP contribution >= 0.6 is 0 Å². The quantitative estimate of drug-likeness (QED) is 0.782. The van der Waals surface area contributed by atoms with E-state index in [-0.39, 0.29) is 0 Å². The summed E-state index contributed by atoms with van der Waals surface area (Å²) in [5.74, 6) is 0. The van der Waals surface area contributed by atoms with Gasteiger partial charge in [-0.05, 0) is 19.1 Å². The second-order valence-corrected chi connectivity index (χ2v) is 3.22. The fourth-order valence-corrected chi connectivity index (χ4v) is 1.30. The zero-order chi connectivity index (χ0) is 9.97. The van der Waals surface area contributed by atoms with Gasteiger partial charge in [0.15, 0.2) is 0 Å². The van der Waals surface area contributed by atoms with E-state index in [1.165, 1.54) is 0 Å². The van der Waals surface area contributed by atoms with Crippen molar-refractivity contribution in [3.63, 3.8) is 0 Å². The molecule has 72 valence electrons. The number of aliphatic hydroxyl groups excluding tert-OH is 1. The lowest BCUT2D eigenvalue weighted by molar-refractivity contribution is 0.195. The molecule has 0 bridgehead atoms. The van der Waals surface area contributed by atoms with Gasteiger partial charge in [-0.15, -0.1) is 0 Å². The molecule has 3 nitrogen and oxygen atoms in total. The van der Waals surface area contributed by atoms with Crippen LogP contribution in [0.25, 0.3) is 5.69 Å². The maximum Gasteiger partial charge on any atom is 0.0996 e. The number of benzene rings is 1. The molecule has 1 atom stereocenters. The highest BCUT2D eigenvalue weighted by molar-refractivity contribution is 5.31. The Morgan fingerprint density at radius 2 is 2.00 bits per heavy atom. The number of nitrogens with zero attached hydrogens (tertiary/aromatic N) is 2. The number of imidazole rings is 1. The van der Waals surface area contributed by atoms with Crippen LogP contribution < -0.4 is 0 Å². The Labute approximate surface area is 82.7 Å². The first-order chi connectivity index (χ1) is 6.77. The zero-order valence-corrected chi connectivity index (χ0v) is 7.96. The summed E-state index contributed by atoms with van der Waals surface area (Å²) in [5, 5.41) is 9.31. The summed E-state index contributed by atoms with van der Waals surface area (Å²) in [6.07, 6.45) is 3.03. The molecule has 3 heteroatoms. The Morgan fingerprint density at radius 3 is 2.57 bits per heavy atom. The monoisotopic (exact) mass is 188 g/mol. The van der Waals surface area contributed by atoms with E-state index in [9.17, 15) is 5.11 Å². The molecule has 1 heterocycles. The van der Waals surface area contributed by atoms with Crippen LogP contribution in [0.4, 0.5) is 0 Å². The van der Waals surface area contributed by atoms with Crippen molar-refractivity contribution in [2.75, 3.05) is 0 Å². The summed E-state index contributed by atoms with van der Waals surface area (Å²) in [5.41, 5.74) is 1.74. The molecule has 0 aliphatic carbocycles. The van der Waals surface area contributed by atoms with Crippen molar-refractivity contribution >= 4 is 0 Å². The van der Waals surface area contributed by atoms with E-state index < -0.39 is 6.10 Å². The summed E-state index contributed by atoms with van der Waals surface area (Å²) in [6, 6.07) is 9.89. The molecule has 0 aliphatic heterocycles. The van der Waals surface area contributed by atoms with Gasteiger partial charge in [-0.25, -0.2) is 4.98 Å². The number of aromatic nitrogens is 2. The van der Waals surface area contributed by atoms with E-state index in [1.807, 2.05) is 41.1 Å². The summed E-state index contributed by atoms with van der Waals surface area (Å²) in [4.78, 5) is 4.11. The molecular weight excluding hydrogens is 176 g/mol. The summed E-state index contributed by atoms with van der Waals surface area (Å²) >= 11 is 0. The molecule has 1 aromatic heterocycles. The maximum atomic E-state index is 9.31. The van der Waals surface area contributed by atoms with Crippen LogP contribution in [0.1, 0.15) is 18.7 Å². The Bertz CT molecular complexity index is 406. The maximum absolute atomic E-state index is 9.31. The molecule has 0 fully saturated rings. The molecule has 14 heavy (non-hydrogen) atoms. The van der Waals surface area contributed by atoms with Crippen LogP contribution in [-0.4, -0.2) is 14.7 Å². The minimum Gasteiger partial charge on any atom is -0.387 e. The molecule has 0 saturated heterocycles. The van der Waals surface area contributed by atoms with Gasteiger partial charge in [0.1, 0.15) is 0 Å². The van der Waals surface area contributed by atoms with Crippen LogP contribution in [0.5, 0.6) is 0 Å². The van der Waals surface area contributed by atoms with Crippen LogP contribution in [0.15, 0.2) is 42.9 Å². The molecule has 2 rings (SSSR count). The van der Waals surface area contributed by atoms with Gasteiger partial charge in [0.05, 0.1) is 18.1 Å². The second kappa shape index (κ2) is 3.64. The van der Waals surface area contributed by atoms with Gasteiger partial charge in [-0.2, -0.15) is 0 Å². The van der Waals surface area contributed by atoms with Crippen molar-refractivity contribution in [3.05, 3.63) is 48.5 Å². The van der Waals surface area contributed by atoms with Crippen LogP contribution in [0.3, 0.4) is 0 Å². The molecular formula is C11H12N2O. The van der Waals surface area contributed by atoms with Crippen molar-refractivity contribution in [1.29, 1.82) is 0 Å². The fraction of sp³-hybridized carbons (Fsp3) is 0.182.